The number of likely N-dealkylation sites (N-methyl/N-ethyl adjacent to an activating group) is 4. The van der Waals surface area contributed by atoms with Crippen LogP contribution in [0.3, 0.4) is 0 Å². The third kappa shape index (κ3) is 13.7. The summed E-state index contributed by atoms with van der Waals surface area (Å²) in [4.78, 5) is 9.99. The van der Waals surface area contributed by atoms with Crippen LogP contribution in [-0.4, -0.2) is 52.4 Å². The van der Waals surface area contributed by atoms with Crippen LogP contribution in [0.25, 0.3) is 44.5 Å². The molecule has 0 aromatic heterocycles. The van der Waals surface area contributed by atoms with Crippen LogP contribution < -0.4 is 19.6 Å². The Bertz CT molecular complexity index is 3330. The lowest BCUT2D eigenvalue weighted by atomic mass is 9.92. The van der Waals surface area contributed by atoms with E-state index in [1.54, 1.807) is 66.8 Å². The first-order chi connectivity index (χ1) is 39.5. The highest BCUT2D eigenvalue weighted by molar-refractivity contribution is 5.82. The molecular weight excluding hydrogens is 1060 g/mol. The van der Waals surface area contributed by atoms with Gasteiger partial charge >= 0.3 is 0 Å². The van der Waals surface area contributed by atoms with Gasteiger partial charge in [0.25, 0.3) is 0 Å². The molecule has 472 valence electrons. The standard InChI is InChI=1S/4C19H21N.8CH4/c2*1-2-20-13-12-18-17(10-5-11-19(18)20)16-9-4-7-14-6-3-8-15(14)16;2*1-2-20-12-11-18-17(7-4-8-19(18)20)16-10-9-14-5-3-6-15(14)13-16;;;;;;;;/h2*4-5,7,9-11H,2-3,6,8,12-13H2,1H3;2*4,7-10,13H,2-3,5-6,11-12H2,1H3;8*1H4. The molecule has 8 aromatic carbocycles. The van der Waals surface area contributed by atoms with Crippen molar-refractivity contribution in [3.63, 3.8) is 0 Å². The first-order valence-corrected chi connectivity index (χ1v) is 31.4. The maximum absolute atomic E-state index is 2.50. The largest absolute Gasteiger partial charge is 0.371 e. The molecule has 0 radical (unpaired) electrons. The molecule has 8 aromatic rings. The van der Waals surface area contributed by atoms with Crippen molar-refractivity contribution in [3.05, 3.63) is 212 Å². The van der Waals surface area contributed by atoms with Crippen molar-refractivity contribution in [3.8, 4) is 44.5 Å². The van der Waals surface area contributed by atoms with Gasteiger partial charge in [0.2, 0.25) is 0 Å². The maximum atomic E-state index is 2.50. The monoisotopic (exact) mass is 1180 g/mol. The van der Waals surface area contributed by atoms with Crippen molar-refractivity contribution < 1.29 is 0 Å². The SMILES string of the molecule is C.C.C.C.C.C.C.C.CCN1CCc2c(-c3ccc4c(c3)CCC4)cccc21.CCN1CCc2c(-c3ccc4c(c3)CCC4)cccc21.CCN1CCc2c(-c3cccc4c3CCC4)cccc21.CCN1CCc2c(-c3cccc4c3CCC4)cccc21. The average Bonchev–Trinajstić information content (AvgIpc) is 2.63. The zero-order valence-corrected chi connectivity index (χ0v) is 48.6. The van der Waals surface area contributed by atoms with Crippen LogP contribution in [0.1, 0.15) is 180 Å². The summed E-state index contributed by atoms with van der Waals surface area (Å²) < 4.78 is 0. The fourth-order valence-corrected chi connectivity index (χ4v) is 15.6. The van der Waals surface area contributed by atoms with Crippen LogP contribution in [-0.2, 0) is 77.0 Å². The first kappa shape index (κ1) is 71.7. The average molecular weight is 1180 g/mol. The van der Waals surface area contributed by atoms with E-state index in [2.05, 4.69) is 193 Å². The molecule has 88 heavy (non-hydrogen) atoms. The Kier molecular flexibility index (Phi) is 26.0. The van der Waals surface area contributed by atoms with E-state index in [9.17, 15) is 0 Å². The van der Waals surface area contributed by atoms with E-state index in [0.717, 1.165) is 26.2 Å². The minimum Gasteiger partial charge on any atom is -0.371 e. The maximum Gasteiger partial charge on any atom is 0.0405 e. The van der Waals surface area contributed by atoms with Gasteiger partial charge in [0.05, 0.1) is 0 Å². The van der Waals surface area contributed by atoms with Crippen molar-refractivity contribution in [1.82, 2.24) is 0 Å². The second-order valence-electron chi connectivity index (χ2n) is 23.8. The van der Waals surface area contributed by atoms with Crippen molar-refractivity contribution in [2.24, 2.45) is 0 Å². The fraction of sp³-hybridized carbons (Fsp3) is 0.429. The van der Waals surface area contributed by atoms with E-state index in [-0.39, 0.29) is 59.4 Å². The molecule has 4 heteroatoms. The minimum atomic E-state index is 0. The summed E-state index contributed by atoms with van der Waals surface area (Å²) in [5.41, 5.74) is 36.4. The summed E-state index contributed by atoms with van der Waals surface area (Å²) >= 11 is 0. The molecule has 4 aliphatic carbocycles. The van der Waals surface area contributed by atoms with Gasteiger partial charge in [-0.3, -0.25) is 0 Å². The van der Waals surface area contributed by atoms with Crippen molar-refractivity contribution in [2.75, 3.05) is 72.0 Å². The first-order valence-electron chi connectivity index (χ1n) is 31.4. The summed E-state index contributed by atoms with van der Waals surface area (Å²) in [7, 11) is 0. The van der Waals surface area contributed by atoms with Crippen molar-refractivity contribution in [1.29, 1.82) is 0 Å². The van der Waals surface area contributed by atoms with Gasteiger partial charge in [-0.1, -0.05) is 181 Å². The topological polar surface area (TPSA) is 13.0 Å². The third-order valence-electron chi connectivity index (χ3n) is 19.7. The number of aryl methyl sites for hydroxylation is 6. The zero-order chi connectivity index (χ0) is 54.1. The molecule has 16 rings (SSSR count). The summed E-state index contributed by atoms with van der Waals surface area (Å²) in [6.45, 7) is 18.2. The smallest absolute Gasteiger partial charge is 0.0405 e. The zero-order valence-electron chi connectivity index (χ0n) is 48.6. The molecule has 0 N–H and O–H groups in total. The number of anilines is 4. The highest BCUT2D eigenvalue weighted by atomic mass is 15.2. The molecular formula is C84H116N4. The van der Waals surface area contributed by atoms with Crippen LogP contribution in [0.5, 0.6) is 0 Å². The van der Waals surface area contributed by atoms with E-state index in [0.29, 0.717) is 0 Å². The molecule has 0 saturated heterocycles. The second kappa shape index (κ2) is 31.9. The van der Waals surface area contributed by atoms with Crippen LogP contribution in [0, 0.1) is 0 Å². The van der Waals surface area contributed by atoms with Crippen LogP contribution in [0.15, 0.2) is 146 Å². The number of hydrogen-bond donors (Lipinski definition) is 0. The van der Waals surface area contributed by atoms with E-state index in [1.165, 1.54) is 196 Å². The van der Waals surface area contributed by atoms with Gasteiger partial charge in [-0.2, -0.15) is 0 Å². The minimum absolute atomic E-state index is 0. The number of rotatable bonds is 8. The summed E-state index contributed by atoms with van der Waals surface area (Å²) in [5.74, 6) is 0. The third-order valence-corrected chi connectivity index (χ3v) is 19.7. The highest BCUT2D eigenvalue weighted by Gasteiger charge is 2.27. The molecule has 0 atom stereocenters. The Morgan fingerprint density at radius 1 is 0.239 bits per heavy atom. The van der Waals surface area contributed by atoms with Gasteiger partial charge in [0, 0.05) is 75.1 Å². The predicted molar refractivity (Wildman–Crippen MR) is 396 cm³/mol. The molecule has 4 heterocycles. The quantitative estimate of drug-likeness (QED) is 0.150. The lowest BCUT2D eigenvalue weighted by Crippen LogP contribution is -2.18. The number of benzene rings is 8. The van der Waals surface area contributed by atoms with Crippen molar-refractivity contribution in [2.45, 2.75) is 190 Å². The van der Waals surface area contributed by atoms with Crippen LogP contribution in [0.2, 0.25) is 0 Å². The Labute approximate surface area is 538 Å². The lowest BCUT2D eigenvalue weighted by molar-refractivity contribution is 0.868. The fourth-order valence-electron chi connectivity index (χ4n) is 15.6. The molecule has 4 aliphatic heterocycles. The van der Waals surface area contributed by atoms with Gasteiger partial charge in [0.1, 0.15) is 0 Å². The van der Waals surface area contributed by atoms with Crippen LogP contribution >= 0.6 is 0 Å². The van der Waals surface area contributed by atoms with Gasteiger partial charge < -0.3 is 19.6 Å². The normalized spacial score (nSPS) is 14.9. The summed E-state index contributed by atoms with van der Waals surface area (Å²) in [6, 6.07) is 55.3. The van der Waals surface area contributed by atoms with E-state index >= 15 is 0 Å². The second-order valence-corrected chi connectivity index (χ2v) is 23.8. The Morgan fingerprint density at radius 3 is 0.830 bits per heavy atom. The molecule has 0 unspecified atom stereocenters. The van der Waals surface area contributed by atoms with E-state index in [4.69, 9.17) is 0 Å². The molecule has 0 bridgehead atoms. The molecule has 0 spiro atoms. The summed E-state index contributed by atoms with van der Waals surface area (Å²) in [6.07, 6.45) is 20.2. The molecule has 8 aliphatic rings. The Morgan fingerprint density at radius 2 is 0.500 bits per heavy atom. The van der Waals surface area contributed by atoms with Crippen molar-refractivity contribution >= 4 is 22.7 Å². The Balaban J connectivity index is 0.000000207. The molecule has 0 amide bonds. The number of fused-ring (bicyclic) bond motifs is 8. The lowest BCUT2D eigenvalue weighted by Gasteiger charge is -2.18. The molecule has 4 nitrogen and oxygen atoms in total. The van der Waals surface area contributed by atoms with E-state index in [1.807, 2.05) is 0 Å². The number of hydrogen-bond acceptors (Lipinski definition) is 4. The highest BCUT2D eigenvalue weighted by Crippen LogP contribution is 2.43. The van der Waals surface area contributed by atoms with E-state index < -0.39 is 0 Å². The number of nitrogens with zero attached hydrogens (tertiary/aromatic N) is 4. The molecule has 0 fully saturated rings. The van der Waals surface area contributed by atoms with Gasteiger partial charge in [-0.25, -0.2) is 0 Å². The molecule has 0 saturated carbocycles. The van der Waals surface area contributed by atoms with Gasteiger partial charge in [0.15, 0.2) is 0 Å². The van der Waals surface area contributed by atoms with Gasteiger partial charge in [-0.15, -0.1) is 0 Å². The van der Waals surface area contributed by atoms with Gasteiger partial charge in [-0.05, 0) is 266 Å². The predicted octanol–water partition coefficient (Wildman–Crippen LogP) is 22.0. The Hall–Kier alpha value is -7.04. The van der Waals surface area contributed by atoms with Crippen LogP contribution in [0.4, 0.5) is 22.7 Å². The summed E-state index contributed by atoms with van der Waals surface area (Å²) in [5, 5.41) is 0.